The standard InChI is InChI=1S/C19H23N5O3/c1-13-2-4-14(5-3-13)18-22-21-16(27-18)12-23-8-10-24(11-9-23)19(26)17(25)20-15-6-7-15/h2-5,15H,6-12H2,1H3,(H,20,25). The van der Waals surface area contributed by atoms with E-state index in [2.05, 4.69) is 20.4 Å². The lowest BCUT2D eigenvalue weighted by Gasteiger charge is -2.33. The van der Waals surface area contributed by atoms with E-state index in [1.54, 1.807) is 4.90 Å². The number of hydrogen-bond donors (Lipinski definition) is 1. The zero-order valence-corrected chi connectivity index (χ0v) is 15.4. The fraction of sp³-hybridized carbons (Fsp3) is 0.474. The topological polar surface area (TPSA) is 91.6 Å². The molecule has 8 nitrogen and oxygen atoms in total. The van der Waals surface area contributed by atoms with Crippen molar-refractivity contribution in [1.82, 2.24) is 25.3 Å². The summed E-state index contributed by atoms with van der Waals surface area (Å²) in [6.45, 7) is 4.96. The molecule has 0 radical (unpaired) electrons. The summed E-state index contributed by atoms with van der Waals surface area (Å²) in [4.78, 5) is 27.8. The van der Waals surface area contributed by atoms with E-state index in [9.17, 15) is 9.59 Å². The number of amides is 2. The summed E-state index contributed by atoms with van der Waals surface area (Å²) in [6, 6.07) is 8.14. The Morgan fingerprint density at radius 1 is 1.11 bits per heavy atom. The molecule has 4 rings (SSSR count). The Labute approximate surface area is 157 Å². The van der Waals surface area contributed by atoms with Crippen LogP contribution < -0.4 is 5.32 Å². The fourth-order valence-corrected chi connectivity index (χ4v) is 3.05. The van der Waals surface area contributed by atoms with Gasteiger partial charge in [0, 0.05) is 37.8 Å². The molecule has 0 spiro atoms. The van der Waals surface area contributed by atoms with Crippen molar-refractivity contribution >= 4 is 11.8 Å². The molecule has 1 aliphatic heterocycles. The van der Waals surface area contributed by atoms with E-state index in [-0.39, 0.29) is 6.04 Å². The molecule has 1 N–H and O–H groups in total. The molecule has 2 fully saturated rings. The summed E-state index contributed by atoms with van der Waals surface area (Å²) in [5.74, 6) is 0.152. The van der Waals surface area contributed by atoms with Gasteiger partial charge in [0.05, 0.1) is 6.54 Å². The second-order valence-corrected chi connectivity index (χ2v) is 7.18. The molecule has 2 amide bonds. The third-order valence-corrected chi connectivity index (χ3v) is 4.89. The Bertz CT molecular complexity index is 820. The van der Waals surface area contributed by atoms with Gasteiger partial charge in [-0.15, -0.1) is 10.2 Å². The summed E-state index contributed by atoms with van der Waals surface area (Å²) in [5.41, 5.74) is 2.08. The Balaban J connectivity index is 1.28. The van der Waals surface area contributed by atoms with Gasteiger partial charge in [-0.25, -0.2) is 0 Å². The smallest absolute Gasteiger partial charge is 0.311 e. The zero-order valence-electron chi connectivity index (χ0n) is 15.4. The summed E-state index contributed by atoms with van der Waals surface area (Å²) in [7, 11) is 0. The van der Waals surface area contributed by atoms with Crippen LogP contribution in [0.25, 0.3) is 11.5 Å². The van der Waals surface area contributed by atoms with Crippen LogP contribution in [0.5, 0.6) is 0 Å². The first-order valence-corrected chi connectivity index (χ1v) is 9.30. The van der Waals surface area contributed by atoms with Crippen LogP contribution in [0.2, 0.25) is 0 Å². The third kappa shape index (κ3) is 4.33. The number of nitrogens with zero attached hydrogens (tertiary/aromatic N) is 4. The van der Waals surface area contributed by atoms with E-state index in [0.717, 1.165) is 18.4 Å². The number of hydrogen-bond acceptors (Lipinski definition) is 6. The van der Waals surface area contributed by atoms with Gasteiger partial charge in [0.15, 0.2) is 0 Å². The molecule has 1 saturated carbocycles. The fourth-order valence-electron chi connectivity index (χ4n) is 3.05. The quantitative estimate of drug-likeness (QED) is 0.808. The van der Waals surface area contributed by atoms with E-state index >= 15 is 0 Å². The number of benzene rings is 1. The minimum Gasteiger partial charge on any atom is -0.419 e. The second kappa shape index (κ2) is 7.48. The van der Waals surface area contributed by atoms with Crippen LogP contribution in [0.4, 0.5) is 0 Å². The summed E-state index contributed by atoms with van der Waals surface area (Å²) < 4.78 is 5.77. The van der Waals surface area contributed by atoms with E-state index < -0.39 is 11.8 Å². The predicted molar refractivity (Wildman–Crippen MR) is 97.5 cm³/mol. The lowest BCUT2D eigenvalue weighted by atomic mass is 10.1. The second-order valence-electron chi connectivity index (χ2n) is 7.18. The maximum absolute atomic E-state index is 12.2. The van der Waals surface area contributed by atoms with Gasteiger partial charge in [-0.05, 0) is 31.9 Å². The average Bonchev–Trinajstić information content (AvgIpc) is 3.37. The van der Waals surface area contributed by atoms with Crippen molar-refractivity contribution in [2.24, 2.45) is 0 Å². The first-order valence-electron chi connectivity index (χ1n) is 9.30. The highest BCUT2D eigenvalue weighted by atomic mass is 16.4. The molecule has 2 aromatic rings. The molecule has 1 saturated heterocycles. The van der Waals surface area contributed by atoms with Crippen LogP contribution in [0.15, 0.2) is 28.7 Å². The van der Waals surface area contributed by atoms with Crippen LogP contribution in [-0.4, -0.2) is 64.0 Å². The van der Waals surface area contributed by atoms with Crippen LogP contribution in [0.1, 0.15) is 24.3 Å². The van der Waals surface area contributed by atoms with E-state index in [1.807, 2.05) is 31.2 Å². The molecule has 27 heavy (non-hydrogen) atoms. The van der Waals surface area contributed by atoms with E-state index in [0.29, 0.717) is 44.5 Å². The molecule has 1 aliphatic carbocycles. The summed E-state index contributed by atoms with van der Waals surface area (Å²) in [5, 5.41) is 11.0. The first kappa shape index (κ1) is 17.7. The minimum atomic E-state index is -0.481. The van der Waals surface area contributed by atoms with Gasteiger partial charge in [0.2, 0.25) is 11.8 Å². The molecular weight excluding hydrogens is 346 g/mol. The number of aryl methyl sites for hydroxylation is 1. The Kier molecular flexibility index (Phi) is 4.89. The summed E-state index contributed by atoms with van der Waals surface area (Å²) >= 11 is 0. The molecule has 142 valence electrons. The third-order valence-electron chi connectivity index (χ3n) is 4.89. The Morgan fingerprint density at radius 2 is 1.81 bits per heavy atom. The van der Waals surface area contributed by atoms with E-state index in [1.165, 1.54) is 5.56 Å². The number of piperazine rings is 1. The first-order chi connectivity index (χ1) is 13.1. The van der Waals surface area contributed by atoms with Crippen molar-refractivity contribution in [3.63, 3.8) is 0 Å². The van der Waals surface area contributed by atoms with Crippen molar-refractivity contribution < 1.29 is 14.0 Å². The predicted octanol–water partition coefficient (Wildman–Crippen LogP) is 0.968. The number of rotatable bonds is 4. The van der Waals surface area contributed by atoms with Crippen LogP contribution in [0.3, 0.4) is 0 Å². The lowest BCUT2D eigenvalue weighted by molar-refractivity contribution is -0.147. The molecule has 0 atom stereocenters. The largest absolute Gasteiger partial charge is 0.419 e. The van der Waals surface area contributed by atoms with Gasteiger partial charge in [-0.2, -0.15) is 0 Å². The minimum absolute atomic E-state index is 0.197. The molecule has 8 heteroatoms. The van der Waals surface area contributed by atoms with Gasteiger partial charge >= 0.3 is 11.8 Å². The average molecular weight is 369 g/mol. The van der Waals surface area contributed by atoms with Crippen molar-refractivity contribution in [1.29, 1.82) is 0 Å². The number of aromatic nitrogens is 2. The van der Waals surface area contributed by atoms with Crippen molar-refractivity contribution in [2.75, 3.05) is 26.2 Å². The maximum atomic E-state index is 12.2. The zero-order chi connectivity index (χ0) is 18.8. The number of nitrogens with one attached hydrogen (secondary N) is 1. The lowest BCUT2D eigenvalue weighted by Crippen LogP contribution is -2.52. The Hall–Kier alpha value is -2.74. The molecule has 0 bridgehead atoms. The molecule has 1 aromatic carbocycles. The van der Waals surface area contributed by atoms with Crippen molar-refractivity contribution in [3.05, 3.63) is 35.7 Å². The van der Waals surface area contributed by atoms with Gasteiger partial charge in [0.1, 0.15) is 0 Å². The van der Waals surface area contributed by atoms with Crippen LogP contribution >= 0.6 is 0 Å². The van der Waals surface area contributed by atoms with Crippen molar-refractivity contribution in [2.45, 2.75) is 32.4 Å². The number of carbonyl (C=O) groups is 2. The maximum Gasteiger partial charge on any atom is 0.311 e. The highest BCUT2D eigenvalue weighted by Crippen LogP contribution is 2.20. The molecule has 2 aliphatic rings. The molecule has 0 unspecified atom stereocenters. The van der Waals surface area contributed by atoms with Gasteiger partial charge in [-0.3, -0.25) is 14.5 Å². The van der Waals surface area contributed by atoms with Gasteiger partial charge in [0.25, 0.3) is 0 Å². The van der Waals surface area contributed by atoms with Gasteiger partial charge < -0.3 is 14.6 Å². The molecule has 1 aromatic heterocycles. The molecule has 2 heterocycles. The van der Waals surface area contributed by atoms with Crippen LogP contribution in [0, 0.1) is 6.92 Å². The highest BCUT2D eigenvalue weighted by Gasteiger charge is 2.30. The van der Waals surface area contributed by atoms with Crippen LogP contribution in [-0.2, 0) is 16.1 Å². The SMILES string of the molecule is Cc1ccc(-c2nnc(CN3CCN(C(=O)C(=O)NC4CC4)CC3)o2)cc1. The number of carbonyl (C=O) groups excluding carboxylic acids is 2. The normalized spacial score (nSPS) is 17.7. The van der Waals surface area contributed by atoms with Crippen molar-refractivity contribution in [3.8, 4) is 11.5 Å². The molecular formula is C19H23N5O3. The highest BCUT2D eigenvalue weighted by molar-refractivity contribution is 6.35. The summed E-state index contributed by atoms with van der Waals surface area (Å²) in [6.07, 6.45) is 1.95. The monoisotopic (exact) mass is 369 g/mol. The van der Waals surface area contributed by atoms with Gasteiger partial charge in [-0.1, -0.05) is 17.7 Å². The Morgan fingerprint density at radius 3 is 2.48 bits per heavy atom. The van der Waals surface area contributed by atoms with E-state index in [4.69, 9.17) is 4.42 Å².